The normalized spacial score (nSPS) is 22.2. The number of hydrogen-bond donors (Lipinski definition) is 2. The maximum atomic E-state index is 9.73. The van der Waals surface area contributed by atoms with Gasteiger partial charge in [0.2, 0.25) is 0 Å². The molecule has 72 valence electrons. The van der Waals surface area contributed by atoms with Crippen molar-refractivity contribution >= 4 is 0 Å². The van der Waals surface area contributed by atoms with E-state index < -0.39 is 5.60 Å². The van der Waals surface area contributed by atoms with Gasteiger partial charge in [-0.1, -0.05) is 0 Å². The molecule has 0 unspecified atom stereocenters. The highest BCUT2D eigenvalue weighted by Crippen LogP contribution is 2.18. The van der Waals surface area contributed by atoms with E-state index in [9.17, 15) is 5.11 Å². The van der Waals surface area contributed by atoms with Gasteiger partial charge in [0, 0.05) is 33.3 Å². The second kappa shape index (κ2) is 4.18. The predicted molar refractivity (Wildman–Crippen MR) is 47.2 cm³/mol. The Hall–Kier alpha value is -0.160. The fourth-order valence-corrected chi connectivity index (χ4v) is 1.61. The Morgan fingerprint density at radius 3 is 2.75 bits per heavy atom. The first-order valence-corrected chi connectivity index (χ1v) is 4.28. The first-order chi connectivity index (χ1) is 5.70. The lowest BCUT2D eigenvalue weighted by Gasteiger charge is -2.46. The number of ether oxygens (including phenoxy) is 1. The summed E-state index contributed by atoms with van der Waals surface area (Å²) in [5.74, 6) is 0. The molecule has 2 N–H and O–H groups in total. The molecule has 0 saturated carbocycles. The van der Waals surface area contributed by atoms with Gasteiger partial charge in [0.25, 0.3) is 0 Å². The third-order valence-electron chi connectivity index (χ3n) is 2.15. The lowest BCUT2D eigenvalue weighted by atomic mass is 9.94. The van der Waals surface area contributed by atoms with E-state index in [1.807, 2.05) is 7.05 Å². The minimum absolute atomic E-state index is 0.498. The Bertz CT molecular complexity index is 135. The molecule has 0 bridgehead atoms. The Morgan fingerprint density at radius 2 is 2.25 bits per heavy atom. The van der Waals surface area contributed by atoms with Crippen LogP contribution >= 0.6 is 0 Å². The van der Waals surface area contributed by atoms with Gasteiger partial charge in [0.05, 0.1) is 6.61 Å². The highest BCUT2D eigenvalue weighted by molar-refractivity contribution is 4.96. The summed E-state index contributed by atoms with van der Waals surface area (Å²) in [6, 6.07) is 0. The van der Waals surface area contributed by atoms with Gasteiger partial charge >= 0.3 is 0 Å². The summed E-state index contributed by atoms with van der Waals surface area (Å²) in [4.78, 5) is 2.18. The number of β-amino-alcohol motifs (C(OH)–C–C–N with tert-alkyl or cyclic N) is 1. The summed E-state index contributed by atoms with van der Waals surface area (Å²) >= 11 is 0. The number of hydrogen-bond acceptors (Lipinski definition) is 4. The average Bonchev–Trinajstić information content (AvgIpc) is 1.97. The fourth-order valence-electron chi connectivity index (χ4n) is 1.61. The van der Waals surface area contributed by atoms with Crippen LogP contribution in [0.2, 0.25) is 0 Å². The first kappa shape index (κ1) is 9.92. The number of likely N-dealkylation sites (tertiary alicyclic amines) is 1. The number of methoxy groups -OCH3 is 1. The molecule has 1 aliphatic heterocycles. The van der Waals surface area contributed by atoms with Crippen LogP contribution in [-0.4, -0.2) is 62.6 Å². The van der Waals surface area contributed by atoms with Gasteiger partial charge in [0.1, 0.15) is 5.60 Å². The maximum absolute atomic E-state index is 9.73. The van der Waals surface area contributed by atoms with Crippen molar-refractivity contribution in [3.05, 3.63) is 0 Å². The Morgan fingerprint density at radius 1 is 1.58 bits per heavy atom. The molecule has 0 spiro atoms. The van der Waals surface area contributed by atoms with Gasteiger partial charge in [-0.3, -0.25) is 4.90 Å². The van der Waals surface area contributed by atoms with Crippen molar-refractivity contribution in [1.29, 1.82) is 0 Å². The van der Waals surface area contributed by atoms with Gasteiger partial charge in [-0.25, -0.2) is 0 Å². The van der Waals surface area contributed by atoms with Crippen molar-refractivity contribution in [2.75, 3.05) is 46.9 Å². The number of rotatable bonds is 5. The molecular formula is C8H18N2O2. The molecule has 1 rings (SSSR count). The standard InChI is InChI=1S/C8H18N2O2/c1-9-5-8(11)6-10(7-8)3-4-12-2/h9,11H,3-7H2,1-2H3. The van der Waals surface area contributed by atoms with E-state index in [2.05, 4.69) is 10.2 Å². The van der Waals surface area contributed by atoms with E-state index in [-0.39, 0.29) is 0 Å². The number of nitrogens with one attached hydrogen (secondary N) is 1. The summed E-state index contributed by atoms with van der Waals surface area (Å²) in [7, 11) is 3.55. The number of nitrogens with zero attached hydrogens (tertiary/aromatic N) is 1. The van der Waals surface area contributed by atoms with E-state index in [0.717, 1.165) is 26.2 Å². The Balaban J connectivity index is 2.09. The molecule has 1 fully saturated rings. The van der Waals surface area contributed by atoms with E-state index in [1.54, 1.807) is 7.11 Å². The zero-order chi connectivity index (χ0) is 9.03. The van der Waals surface area contributed by atoms with Crippen LogP contribution in [0.15, 0.2) is 0 Å². The van der Waals surface area contributed by atoms with Crippen molar-refractivity contribution in [3.63, 3.8) is 0 Å². The average molecular weight is 174 g/mol. The molecule has 1 heterocycles. The van der Waals surface area contributed by atoms with Gasteiger partial charge in [-0.15, -0.1) is 0 Å². The second-order valence-electron chi connectivity index (χ2n) is 3.46. The highest BCUT2D eigenvalue weighted by atomic mass is 16.5. The van der Waals surface area contributed by atoms with E-state index >= 15 is 0 Å². The van der Waals surface area contributed by atoms with Crippen LogP contribution in [0, 0.1) is 0 Å². The van der Waals surface area contributed by atoms with Crippen LogP contribution in [0.25, 0.3) is 0 Å². The first-order valence-electron chi connectivity index (χ1n) is 4.28. The van der Waals surface area contributed by atoms with Crippen LogP contribution < -0.4 is 5.32 Å². The van der Waals surface area contributed by atoms with Crippen molar-refractivity contribution < 1.29 is 9.84 Å². The lowest BCUT2D eigenvalue weighted by Crippen LogP contribution is -2.65. The molecule has 12 heavy (non-hydrogen) atoms. The molecule has 0 aromatic rings. The molecule has 1 saturated heterocycles. The van der Waals surface area contributed by atoms with Crippen LogP contribution in [-0.2, 0) is 4.74 Å². The third-order valence-corrected chi connectivity index (χ3v) is 2.15. The number of likely N-dealkylation sites (N-methyl/N-ethyl adjacent to an activating group) is 1. The lowest BCUT2D eigenvalue weighted by molar-refractivity contribution is -0.0987. The van der Waals surface area contributed by atoms with Gasteiger partial charge in [-0.05, 0) is 7.05 Å². The molecule has 4 heteroatoms. The van der Waals surface area contributed by atoms with Crippen molar-refractivity contribution in [1.82, 2.24) is 10.2 Å². The Kier molecular flexibility index (Phi) is 3.46. The molecule has 0 atom stereocenters. The molecule has 1 aliphatic rings. The molecule has 4 nitrogen and oxygen atoms in total. The molecule has 0 aliphatic carbocycles. The SMILES string of the molecule is CNCC1(O)CN(CCOC)C1. The zero-order valence-electron chi connectivity index (χ0n) is 7.84. The third kappa shape index (κ3) is 2.42. The van der Waals surface area contributed by atoms with Crippen molar-refractivity contribution in [2.24, 2.45) is 0 Å². The summed E-state index contributed by atoms with van der Waals surface area (Å²) in [5, 5.41) is 12.7. The zero-order valence-corrected chi connectivity index (χ0v) is 7.84. The minimum atomic E-state index is -0.498. The maximum Gasteiger partial charge on any atom is 0.102 e. The van der Waals surface area contributed by atoms with E-state index in [1.165, 1.54) is 0 Å². The van der Waals surface area contributed by atoms with Crippen LogP contribution in [0.5, 0.6) is 0 Å². The monoisotopic (exact) mass is 174 g/mol. The van der Waals surface area contributed by atoms with E-state index in [4.69, 9.17) is 4.74 Å². The largest absolute Gasteiger partial charge is 0.386 e. The molecule has 0 amide bonds. The van der Waals surface area contributed by atoms with Crippen LogP contribution in [0.3, 0.4) is 0 Å². The highest BCUT2D eigenvalue weighted by Gasteiger charge is 2.39. The van der Waals surface area contributed by atoms with Crippen LogP contribution in [0.4, 0.5) is 0 Å². The van der Waals surface area contributed by atoms with Crippen LogP contribution in [0.1, 0.15) is 0 Å². The summed E-state index contributed by atoms with van der Waals surface area (Å²) in [6.07, 6.45) is 0. The second-order valence-corrected chi connectivity index (χ2v) is 3.46. The summed E-state index contributed by atoms with van der Waals surface area (Å²) in [5.41, 5.74) is -0.498. The van der Waals surface area contributed by atoms with Gasteiger partial charge in [-0.2, -0.15) is 0 Å². The fraction of sp³-hybridized carbons (Fsp3) is 1.00. The van der Waals surface area contributed by atoms with Gasteiger partial charge in [0.15, 0.2) is 0 Å². The smallest absolute Gasteiger partial charge is 0.102 e. The molecule has 0 radical (unpaired) electrons. The summed E-state index contributed by atoms with van der Waals surface area (Å²) in [6.45, 7) is 3.86. The van der Waals surface area contributed by atoms with Crippen molar-refractivity contribution in [3.8, 4) is 0 Å². The summed E-state index contributed by atoms with van der Waals surface area (Å²) < 4.78 is 4.94. The van der Waals surface area contributed by atoms with E-state index in [0.29, 0.717) is 6.54 Å². The molecular weight excluding hydrogens is 156 g/mol. The number of aliphatic hydroxyl groups is 1. The minimum Gasteiger partial charge on any atom is -0.386 e. The van der Waals surface area contributed by atoms with Gasteiger partial charge < -0.3 is 15.2 Å². The topological polar surface area (TPSA) is 44.7 Å². The molecule has 0 aromatic heterocycles. The quantitative estimate of drug-likeness (QED) is 0.555. The van der Waals surface area contributed by atoms with Crippen molar-refractivity contribution in [2.45, 2.75) is 5.60 Å². The predicted octanol–water partition coefficient (Wildman–Crippen LogP) is -1.10. The molecule has 0 aromatic carbocycles. The Labute approximate surface area is 73.5 Å².